The summed E-state index contributed by atoms with van der Waals surface area (Å²) in [6.45, 7) is 5.69. The Morgan fingerprint density at radius 1 is 1.64 bits per heavy atom. The second-order valence-electron chi connectivity index (χ2n) is 3.41. The first-order valence-electron chi connectivity index (χ1n) is 4.36. The summed E-state index contributed by atoms with van der Waals surface area (Å²) in [4.78, 5) is 0. The summed E-state index contributed by atoms with van der Waals surface area (Å²) in [7, 11) is 0. The molecule has 0 aliphatic carbocycles. The first-order chi connectivity index (χ1) is 6.52. The van der Waals surface area contributed by atoms with E-state index in [1.165, 1.54) is 6.07 Å². The van der Waals surface area contributed by atoms with Crippen LogP contribution in [0.5, 0.6) is 0 Å². The molecule has 76 valence electrons. The van der Waals surface area contributed by atoms with E-state index in [0.29, 0.717) is 10.9 Å². The Morgan fingerprint density at radius 3 is 2.86 bits per heavy atom. The van der Waals surface area contributed by atoms with Crippen molar-refractivity contribution in [1.29, 1.82) is 0 Å². The van der Waals surface area contributed by atoms with Crippen molar-refractivity contribution in [2.24, 2.45) is 5.73 Å². The van der Waals surface area contributed by atoms with Crippen molar-refractivity contribution in [3.8, 4) is 0 Å². The number of rotatable bonds is 3. The van der Waals surface area contributed by atoms with E-state index < -0.39 is 0 Å². The number of halogens is 2. The van der Waals surface area contributed by atoms with Crippen molar-refractivity contribution in [2.75, 3.05) is 0 Å². The topological polar surface area (TPSA) is 26.0 Å². The maximum Gasteiger partial charge on any atom is 0.137 e. The minimum Gasteiger partial charge on any atom is -0.324 e. The Morgan fingerprint density at radius 2 is 2.29 bits per heavy atom. The van der Waals surface area contributed by atoms with Crippen LogP contribution in [0.3, 0.4) is 0 Å². The Kier molecular flexibility index (Phi) is 3.84. The minimum absolute atomic E-state index is 0.197. The number of nitrogens with two attached hydrogens (primary N) is 1. The fourth-order valence-corrected chi connectivity index (χ4v) is 1.85. The molecule has 1 aromatic carbocycles. The van der Waals surface area contributed by atoms with Gasteiger partial charge in [0.25, 0.3) is 0 Å². The van der Waals surface area contributed by atoms with E-state index in [0.717, 1.165) is 11.1 Å². The van der Waals surface area contributed by atoms with Crippen LogP contribution in [0.1, 0.15) is 24.9 Å². The molecule has 0 radical (unpaired) electrons. The zero-order chi connectivity index (χ0) is 10.7. The summed E-state index contributed by atoms with van der Waals surface area (Å²) >= 11 is 3.19. The van der Waals surface area contributed by atoms with E-state index in [4.69, 9.17) is 5.73 Å². The van der Waals surface area contributed by atoms with Crippen molar-refractivity contribution >= 4 is 15.9 Å². The Balaban J connectivity index is 2.95. The van der Waals surface area contributed by atoms with Crippen LogP contribution in [-0.4, -0.2) is 0 Å². The molecule has 1 unspecified atom stereocenters. The van der Waals surface area contributed by atoms with Crippen LogP contribution in [0.2, 0.25) is 0 Å². The molecule has 0 saturated heterocycles. The highest BCUT2D eigenvalue weighted by atomic mass is 79.9. The van der Waals surface area contributed by atoms with Gasteiger partial charge in [0.1, 0.15) is 5.82 Å². The van der Waals surface area contributed by atoms with Gasteiger partial charge in [-0.3, -0.25) is 0 Å². The van der Waals surface area contributed by atoms with E-state index in [1.807, 2.05) is 13.0 Å². The van der Waals surface area contributed by atoms with Crippen molar-refractivity contribution in [3.63, 3.8) is 0 Å². The highest BCUT2D eigenvalue weighted by Gasteiger charge is 2.12. The van der Waals surface area contributed by atoms with Gasteiger partial charge in [0.15, 0.2) is 0 Å². The van der Waals surface area contributed by atoms with Gasteiger partial charge in [-0.2, -0.15) is 0 Å². The lowest BCUT2D eigenvalue weighted by molar-refractivity contribution is 0.610. The van der Waals surface area contributed by atoms with Gasteiger partial charge < -0.3 is 5.73 Å². The third kappa shape index (κ3) is 2.66. The first-order valence-corrected chi connectivity index (χ1v) is 5.15. The molecule has 1 atom stereocenters. The van der Waals surface area contributed by atoms with Crippen LogP contribution in [-0.2, 0) is 0 Å². The lowest BCUT2D eigenvalue weighted by atomic mass is 10.0. The average molecular weight is 258 g/mol. The van der Waals surface area contributed by atoms with Crippen LogP contribution in [0.15, 0.2) is 34.8 Å². The fraction of sp³-hybridized carbons (Fsp3) is 0.273. The summed E-state index contributed by atoms with van der Waals surface area (Å²) < 4.78 is 13.6. The van der Waals surface area contributed by atoms with Gasteiger partial charge in [-0.25, -0.2) is 4.39 Å². The molecule has 0 aromatic heterocycles. The molecular weight excluding hydrogens is 245 g/mol. The molecule has 1 aromatic rings. The molecule has 3 heteroatoms. The predicted molar refractivity (Wildman–Crippen MR) is 60.5 cm³/mol. The molecule has 0 spiro atoms. The predicted octanol–water partition coefficient (Wildman–Crippen LogP) is 3.55. The highest BCUT2D eigenvalue weighted by molar-refractivity contribution is 9.10. The summed E-state index contributed by atoms with van der Waals surface area (Å²) in [5.74, 6) is -0.278. The molecule has 1 rings (SSSR count). The number of benzene rings is 1. The maximum absolute atomic E-state index is 13.2. The fourth-order valence-electron chi connectivity index (χ4n) is 1.29. The van der Waals surface area contributed by atoms with E-state index in [9.17, 15) is 4.39 Å². The Bertz CT molecular complexity index is 349. The molecular formula is C11H13BrFN. The maximum atomic E-state index is 13.2. The van der Waals surface area contributed by atoms with Gasteiger partial charge in [-0.15, -0.1) is 6.58 Å². The smallest absolute Gasteiger partial charge is 0.137 e. The van der Waals surface area contributed by atoms with Crippen molar-refractivity contribution < 1.29 is 4.39 Å². The van der Waals surface area contributed by atoms with Gasteiger partial charge >= 0.3 is 0 Å². The van der Waals surface area contributed by atoms with E-state index in [2.05, 4.69) is 22.5 Å². The molecule has 14 heavy (non-hydrogen) atoms. The van der Waals surface area contributed by atoms with Crippen molar-refractivity contribution in [2.45, 2.75) is 19.4 Å². The third-order valence-electron chi connectivity index (χ3n) is 1.95. The Labute approximate surface area is 91.9 Å². The van der Waals surface area contributed by atoms with Crippen LogP contribution < -0.4 is 5.73 Å². The van der Waals surface area contributed by atoms with Gasteiger partial charge in [-0.05, 0) is 40.9 Å². The molecule has 0 saturated carbocycles. The summed E-state index contributed by atoms with van der Waals surface area (Å²) in [5, 5.41) is 0. The van der Waals surface area contributed by atoms with Crippen LogP contribution in [0.25, 0.3) is 0 Å². The minimum atomic E-state index is -0.278. The summed E-state index contributed by atoms with van der Waals surface area (Å²) in [6, 6.07) is 4.69. The van der Waals surface area contributed by atoms with Crippen LogP contribution >= 0.6 is 15.9 Å². The quantitative estimate of drug-likeness (QED) is 0.824. The molecule has 0 amide bonds. The van der Waals surface area contributed by atoms with Crippen molar-refractivity contribution in [3.05, 3.63) is 46.2 Å². The molecule has 0 aliphatic heterocycles. The second-order valence-corrected chi connectivity index (χ2v) is 4.20. The van der Waals surface area contributed by atoms with E-state index in [-0.39, 0.29) is 11.9 Å². The van der Waals surface area contributed by atoms with E-state index >= 15 is 0 Å². The SMILES string of the molecule is C=C(C)CC(N)c1cccc(F)c1Br. The summed E-state index contributed by atoms with van der Waals surface area (Å²) in [6.07, 6.45) is 0.669. The molecule has 2 N–H and O–H groups in total. The van der Waals surface area contributed by atoms with Gasteiger partial charge in [-0.1, -0.05) is 17.7 Å². The average Bonchev–Trinajstić information content (AvgIpc) is 2.08. The largest absolute Gasteiger partial charge is 0.324 e. The lowest BCUT2D eigenvalue weighted by Crippen LogP contribution is -2.11. The monoisotopic (exact) mass is 257 g/mol. The highest BCUT2D eigenvalue weighted by Crippen LogP contribution is 2.27. The zero-order valence-corrected chi connectivity index (χ0v) is 9.64. The van der Waals surface area contributed by atoms with Crippen LogP contribution in [0.4, 0.5) is 4.39 Å². The molecule has 0 heterocycles. The van der Waals surface area contributed by atoms with Gasteiger partial charge in [0.2, 0.25) is 0 Å². The normalized spacial score (nSPS) is 12.6. The number of hydrogen-bond acceptors (Lipinski definition) is 1. The van der Waals surface area contributed by atoms with Gasteiger partial charge in [0.05, 0.1) is 4.47 Å². The van der Waals surface area contributed by atoms with E-state index in [1.54, 1.807) is 6.07 Å². The van der Waals surface area contributed by atoms with Crippen molar-refractivity contribution in [1.82, 2.24) is 0 Å². The first kappa shape index (κ1) is 11.4. The van der Waals surface area contributed by atoms with Gasteiger partial charge in [0, 0.05) is 6.04 Å². The molecule has 0 fully saturated rings. The van der Waals surface area contributed by atoms with Crippen LogP contribution in [0, 0.1) is 5.82 Å². The molecule has 0 aliphatic rings. The standard InChI is InChI=1S/C11H13BrFN/c1-7(2)6-10(14)8-4-3-5-9(13)11(8)12/h3-5,10H,1,6,14H2,2H3. The second kappa shape index (κ2) is 4.71. The Hall–Kier alpha value is -0.670. The third-order valence-corrected chi connectivity index (χ3v) is 2.79. The summed E-state index contributed by atoms with van der Waals surface area (Å²) in [5.41, 5.74) is 7.69. The molecule has 0 bridgehead atoms. The zero-order valence-electron chi connectivity index (χ0n) is 8.06. The molecule has 1 nitrogen and oxygen atoms in total. The number of hydrogen-bond donors (Lipinski definition) is 1. The lowest BCUT2D eigenvalue weighted by Gasteiger charge is -2.13.